The molecule has 8 nitrogen and oxygen atoms in total. The third kappa shape index (κ3) is 6.88. The first-order valence-corrected chi connectivity index (χ1v) is 13.4. The lowest BCUT2D eigenvalue weighted by Gasteiger charge is -2.27. The highest BCUT2D eigenvalue weighted by Crippen LogP contribution is 2.35. The molecule has 1 N–H and O–H groups in total. The van der Waals surface area contributed by atoms with Crippen molar-refractivity contribution in [3.8, 4) is 17.2 Å². The van der Waals surface area contributed by atoms with Gasteiger partial charge in [0.25, 0.3) is 11.8 Å². The molecule has 3 aromatic rings. The van der Waals surface area contributed by atoms with Crippen LogP contribution in [0.5, 0.6) is 17.2 Å². The zero-order valence-electron chi connectivity index (χ0n) is 21.6. The Morgan fingerprint density at radius 3 is 2.42 bits per heavy atom. The lowest BCUT2D eigenvalue weighted by Crippen LogP contribution is -2.53. The summed E-state index contributed by atoms with van der Waals surface area (Å²) >= 11 is 18.7. The molecular weight excluding hydrogens is 579 g/mol. The molecule has 0 radical (unpaired) electrons. The highest BCUT2D eigenvalue weighted by molar-refractivity contribution is 6.36. The van der Waals surface area contributed by atoms with Crippen molar-refractivity contribution in [3.63, 3.8) is 0 Å². The van der Waals surface area contributed by atoms with Gasteiger partial charge in [-0.1, -0.05) is 59.9 Å². The number of benzene rings is 3. The van der Waals surface area contributed by atoms with Gasteiger partial charge in [-0.3, -0.25) is 19.8 Å². The number of rotatable bonds is 10. The minimum Gasteiger partial charge on any atom is -0.493 e. The van der Waals surface area contributed by atoms with Gasteiger partial charge >= 0.3 is 6.03 Å². The quantitative estimate of drug-likeness (QED) is 0.205. The molecule has 208 valence electrons. The molecule has 1 aliphatic rings. The molecule has 0 atom stereocenters. The summed E-state index contributed by atoms with van der Waals surface area (Å²) in [4.78, 5) is 39.7. The Balaban J connectivity index is 1.62. The van der Waals surface area contributed by atoms with Gasteiger partial charge < -0.3 is 14.2 Å². The van der Waals surface area contributed by atoms with Crippen LogP contribution in [0.3, 0.4) is 0 Å². The third-order valence-electron chi connectivity index (χ3n) is 5.83. The number of ether oxygens (including phenoxy) is 3. The Bertz CT molecular complexity index is 1490. The molecule has 0 aromatic heterocycles. The van der Waals surface area contributed by atoms with Crippen LogP contribution < -0.4 is 19.5 Å². The number of carbonyl (C=O) groups is 3. The van der Waals surface area contributed by atoms with Gasteiger partial charge in [0.05, 0.1) is 25.3 Å². The third-order valence-corrected chi connectivity index (χ3v) is 6.56. The first-order chi connectivity index (χ1) is 19.2. The SMILES string of the molecule is CCCOc1ccc(CN2C(=O)NC(=O)/C(=C\c3cc(Cl)cc(Cl)c3OCc3cccc(Cl)c3)C2=O)cc1OC. The van der Waals surface area contributed by atoms with Crippen LogP contribution in [0, 0.1) is 0 Å². The number of methoxy groups -OCH3 is 1. The number of barbiturate groups is 1. The second-order valence-corrected chi connectivity index (χ2v) is 10.0. The topological polar surface area (TPSA) is 94.2 Å². The first kappa shape index (κ1) is 29.3. The highest BCUT2D eigenvalue weighted by Gasteiger charge is 2.36. The van der Waals surface area contributed by atoms with E-state index in [2.05, 4.69) is 5.32 Å². The fourth-order valence-corrected chi connectivity index (χ4v) is 4.72. The van der Waals surface area contributed by atoms with E-state index in [9.17, 15) is 14.4 Å². The number of halogens is 3. The van der Waals surface area contributed by atoms with E-state index in [0.29, 0.717) is 28.7 Å². The van der Waals surface area contributed by atoms with Crippen LogP contribution in [0.25, 0.3) is 6.08 Å². The molecule has 1 heterocycles. The van der Waals surface area contributed by atoms with Gasteiger partial charge in [0.15, 0.2) is 11.5 Å². The summed E-state index contributed by atoms with van der Waals surface area (Å²) in [5.41, 5.74) is 1.36. The van der Waals surface area contributed by atoms with Gasteiger partial charge in [-0.15, -0.1) is 0 Å². The van der Waals surface area contributed by atoms with E-state index in [-0.39, 0.29) is 40.1 Å². The number of hydrogen-bond acceptors (Lipinski definition) is 6. The maximum atomic E-state index is 13.4. The van der Waals surface area contributed by atoms with Crippen molar-refractivity contribution >= 4 is 58.7 Å². The maximum absolute atomic E-state index is 13.4. The molecule has 0 unspecified atom stereocenters. The Morgan fingerprint density at radius 1 is 0.900 bits per heavy atom. The van der Waals surface area contributed by atoms with Gasteiger partial charge in [0.2, 0.25) is 0 Å². The number of nitrogens with zero attached hydrogens (tertiary/aromatic N) is 1. The molecule has 0 aliphatic carbocycles. The molecule has 4 rings (SSSR count). The molecule has 1 saturated heterocycles. The average molecular weight is 604 g/mol. The van der Waals surface area contributed by atoms with Crippen LogP contribution in [-0.4, -0.2) is 36.5 Å². The van der Waals surface area contributed by atoms with Crippen LogP contribution in [0.4, 0.5) is 4.79 Å². The maximum Gasteiger partial charge on any atom is 0.331 e. The number of hydrogen-bond donors (Lipinski definition) is 1. The molecule has 40 heavy (non-hydrogen) atoms. The van der Waals surface area contributed by atoms with E-state index < -0.39 is 17.8 Å². The minimum absolute atomic E-state index is 0.114. The summed E-state index contributed by atoms with van der Waals surface area (Å²) in [5, 5.41) is 3.20. The van der Waals surface area contributed by atoms with Gasteiger partial charge in [0, 0.05) is 15.6 Å². The molecule has 0 saturated carbocycles. The number of nitrogens with one attached hydrogen (secondary N) is 1. The molecule has 0 bridgehead atoms. The van der Waals surface area contributed by atoms with Crippen molar-refractivity contribution in [3.05, 3.63) is 91.9 Å². The van der Waals surface area contributed by atoms with Crippen LogP contribution in [0.1, 0.15) is 30.0 Å². The molecule has 3 aromatic carbocycles. The largest absolute Gasteiger partial charge is 0.493 e. The van der Waals surface area contributed by atoms with Crippen molar-refractivity contribution in [2.75, 3.05) is 13.7 Å². The smallest absolute Gasteiger partial charge is 0.331 e. The summed E-state index contributed by atoms with van der Waals surface area (Å²) in [6.45, 7) is 2.49. The van der Waals surface area contributed by atoms with Crippen molar-refractivity contribution < 1.29 is 28.6 Å². The standard InChI is InChI=1S/C29H25Cl3N2O6/c1-3-9-39-24-8-7-17(11-25(24)38-2)15-34-28(36)22(27(35)33-29(34)37)13-19-12-21(31)14-23(32)26(19)40-16-18-5-4-6-20(30)10-18/h4-8,10-14H,3,9,15-16H2,1-2H3,(H,33,35,37)/b22-13+. The summed E-state index contributed by atoms with van der Waals surface area (Å²) in [5.74, 6) is -0.450. The van der Waals surface area contributed by atoms with E-state index in [1.807, 2.05) is 13.0 Å². The second-order valence-electron chi connectivity index (χ2n) is 8.77. The lowest BCUT2D eigenvalue weighted by atomic mass is 10.1. The zero-order chi connectivity index (χ0) is 28.8. The predicted octanol–water partition coefficient (Wildman–Crippen LogP) is 6.69. The molecule has 4 amide bonds. The second kappa shape index (κ2) is 13.1. The van der Waals surface area contributed by atoms with E-state index in [4.69, 9.17) is 49.0 Å². The first-order valence-electron chi connectivity index (χ1n) is 12.2. The van der Waals surface area contributed by atoms with E-state index in [0.717, 1.165) is 16.9 Å². The Morgan fingerprint density at radius 2 is 1.70 bits per heavy atom. The van der Waals surface area contributed by atoms with E-state index in [1.165, 1.54) is 25.3 Å². The Hall–Kier alpha value is -3.72. The zero-order valence-corrected chi connectivity index (χ0v) is 23.9. The van der Waals surface area contributed by atoms with Gasteiger partial charge in [-0.2, -0.15) is 0 Å². The number of amides is 4. The van der Waals surface area contributed by atoms with Crippen molar-refractivity contribution in [2.24, 2.45) is 0 Å². The number of carbonyl (C=O) groups excluding carboxylic acids is 3. The van der Waals surface area contributed by atoms with E-state index in [1.54, 1.807) is 36.4 Å². The molecule has 0 spiro atoms. The monoisotopic (exact) mass is 602 g/mol. The number of imide groups is 2. The minimum atomic E-state index is -0.857. The lowest BCUT2D eigenvalue weighted by molar-refractivity contribution is -0.130. The fourth-order valence-electron chi connectivity index (χ4n) is 3.94. The normalized spacial score (nSPS) is 14.4. The van der Waals surface area contributed by atoms with Crippen LogP contribution in [0.2, 0.25) is 15.1 Å². The number of urea groups is 1. The predicted molar refractivity (Wildman–Crippen MR) is 153 cm³/mol. The summed E-state index contributed by atoms with van der Waals surface area (Å²) in [7, 11) is 1.50. The van der Waals surface area contributed by atoms with Crippen molar-refractivity contribution in [1.82, 2.24) is 10.2 Å². The summed E-state index contributed by atoms with van der Waals surface area (Å²) < 4.78 is 17.0. The fraction of sp³-hybridized carbons (Fsp3) is 0.207. The van der Waals surface area contributed by atoms with Crippen molar-refractivity contribution in [2.45, 2.75) is 26.5 Å². The molecule has 1 fully saturated rings. The Kier molecular flexibility index (Phi) is 9.58. The van der Waals surface area contributed by atoms with Crippen LogP contribution in [0.15, 0.2) is 60.2 Å². The van der Waals surface area contributed by atoms with Crippen molar-refractivity contribution in [1.29, 1.82) is 0 Å². The highest BCUT2D eigenvalue weighted by atomic mass is 35.5. The molecule has 1 aliphatic heterocycles. The van der Waals surface area contributed by atoms with Gasteiger partial charge in [-0.05, 0) is 60.0 Å². The molecular formula is C29H25Cl3N2O6. The molecule has 11 heteroatoms. The van der Waals surface area contributed by atoms with Gasteiger partial charge in [0.1, 0.15) is 17.9 Å². The van der Waals surface area contributed by atoms with Crippen LogP contribution in [-0.2, 0) is 22.7 Å². The summed E-state index contributed by atoms with van der Waals surface area (Å²) in [6.07, 6.45) is 2.12. The van der Waals surface area contributed by atoms with Crippen LogP contribution >= 0.6 is 34.8 Å². The van der Waals surface area contributed by atoms with Gasteiger partial charge in [-0.25, -0.2) is 4.79 Å². The summed E-state index contributed by atoms with van der Waals surface area (Å²) in [6, 6.07) is 14.3. The average Bonchev–Trinajstić information content (AvgIpc) is 2.91. The van der Waals surface area contributed by atoms with E-state index >= 15 is 0 Å². The Labute approximate surface area is 246 Å².